The van der Waals surface area contributed by atoms with Gasteiger partial charge in [-0.1, -0.05) is 12.1 Å². The van der Waals surface area contributed by atoms with Crippen LogP contribution in [0, 0.1) is 13.8 Å². The van der Waals surface area contributed by atoms with Gasteiger partial charge in [0.2, 0.25) is 5.76 Å². The molecule has 20 heavy (non-hydrogen) atoms. The van der Waals surface area contributed by atoms with Crippen LogP contribution in [-0.4, -0.2) is 22.0 Å². The summed E-state index contributed by atoms with van der Waals surface area (Å²) in [5.41, 5.74) is 1.64. The number of carbonyl (C=O) groups is 2. The molecule has 0 saturated heterocycles. The van der Waals surface area contributed by atoms with Crippen LogP contribution < -0.4 is 5.32 Å². The molecule has 1 amide bonds. The molecule has 0 unspecified atom stereocenters. The Kier molecular flexibility index (Phi) is 3.84. The lowest BCUT2D eigenvalue weighted by atomic mass is 10.1. The van der Waals surface area contributed by atoms with Crippen LogP contribution in [0.4, 0.5) is 5.69 Å². The van der Waals surface area contributed by atoms with Gasteiger partial charge >= 0.3 is 5.97 Å². The van der Waals surface area contributed by atoms with E-state index in [1.54, 1.807) is 38.1 Å². The van der Waals surface area contributed by atoms with Gasteiger partial charge in [-0.15, -0.1) is 0 Å². The lowest BCUT2D eigenvalue weighted by Gasteiger charge is -2.05. The summed E-state index contributed by atoms with van der Waals surface area (Å²) in [4.78, 5) is 26.7. The van der Waals surface area contributed by atoms with Gasteiger partial charge in [0, 0.05) is 12.6 Å². The molecule has 104 valence electrons. The Labute approximate surface area is 115 Å². The second-order valence-corrected chi connectivity index (χ2v) is 4.37. The molecule has 0 aliphatic carbocycles. The number of amides is 1. The Morgan fingerprint density at radius 2 is 2.10 bits per heavy atom. The molecule has 0 radical (unpaired) electrons. The minimum atomic E-state index is -0.921. The van der Waals surface area contributed by atoms with Crippen molar-refractivity contribution in [2.45, 2.75) is 20.3 Å². The number of aryl methyl sites for hydroxylation is 2. The number of anilines is 1. The summed E-state index contributed by atoms with van der Waals surface area (Å²) in [6.45, 7) is 3.35. The SMILES string of the molecule is Cc1nc(C)c(C(=O)Nc2cccc(CC(=O)O)c2)o1. The van der Waals surface area contributed by atoms with Crippen LogP contribution in [0.1, 0.15) is 27.7 Å². The van der Waals surface area contributed by atoms with E-state index in [-0.39, 0.29) is 12.2 Å². The van der Waals surface area contributed by atoms with E-state index >= 15 is 0 Å². The molecular weight excluding hydrogens is 260 g/mol. The quantitative estimate of drug-likeness (QED) is 0.891. The van der Waals surface area contributed by atoms with E-state index in [9.17, 15) is 9.59 Å². The minimum Gasteiger partial charge on any atom is -0.481 e. The molecule has 0 aliphatic heterocycles. The summed E-state index contributed by atoms with van der Waals surface area (Å²) in [5.74, 6) is -0.746. The molecule has 0 bridgehead atoms. The number of hydrogen-bond acceptors (Lipinski definition) is 4. The molecule has 1 aromatic heterocycles. The van der Waals surface area contributed by atoms with Crippen LogP contribution in [-0.2, 0) is 11.2 Å². The summed E-state index contributed by atoms with van der Waals surface area (Å²) in [5, 5.41) is 11.4. The van der Waals surface area contributed by atoms with E-state index in [2.05, 4.69) is 10.3 Å². The first-order valence-electron chi connectivity index (χ1n) is 6.02. The molecular formula is C14H14N2O4. The van der Waals surface area contributed by atoms with E-state index in [4.69, 9.17) is 9.52 Å². The van der Waals surface area contributed by atoms with Crippen molar-refractivity contribution in [1.29, 1.82) is 0 Å². The fraction of sp³-hybridized carbons (Fsp3) is 0.214. The maximum Gasteiger partial charge on any atom is 0.307 e. The Morgan fingerprint density at radius 3 is 2.70 bits per heavy atom. The molecule has 6 nitrogen and oxygen atoms in total. The summed E-state index contributed by atoms with van der Waals surface area (Å²) in [7, 11) is 0. The van der Waals surface area contributed by atoms with E-state index < -0.39 is 11.9 Å². The lowest BCUT2D eigenvalue weighted by molar-refractivity contribution is -0.136. The molecule has 0 saturated carbocycles. The standard InChI is InChI=1S/C14H14N2O4/c1-8-13(20-9(2)15-8)14(19)16-11-5-3-4-10(6-11)7-12(17)18/h3-6H,7H2,1-2H3,(H,16,19)(H,17,18). The molecule has 2 aromatic rings. The molecule has 0 fully saturated rings. The zero-order chi connectivity index (χ0) is 14.7. The van der Waals surface area contributed by atoms with Crippen LogP contribution in [0.25, 0.3) is 0 Å². The van der Waals surface area contributed by atoms with Gasteiger partial charge in [0.25, 0.3) is 5.91 Å². The average Bonchev–Trinajstić information content (AvgIpc) is 2.68. The maximum atomic E-state index is 12.0. The Morgan fingerprint density at radius 1 is 1.35 bits per heavy atom. The first-order valence-corrected chi connectivity index (χ1v) is 6.02. The highest BCUT2D eigenvalue weighted by molar-refractivity contribution is 6.03. The number of aromatic nitrogens is 1. The molecule has 2 N–H and O–H groups in total. The average molecular weight is 274 g/mol. The van der Waals surface area contributed by atoms with Gasteiger partial charge in [0.05, 0.1) is 12.1 Å². The summed E-state index contributed by atoms with van der Waals surface area (Å²) >= 11 is 0. The van der Waals surface area contributed by atoms with Crippen molar-refractivity contribution in [3.8, 4) is 0 Å². The molecule has 1 aromatic carbocycles. The van der Waals surface area contributed by atoms with Crippen LogP contribution >= 0.6 is 0 Å². The minimum absolute atomic E-state index is 0.0931. The van der Waals surface area contributed by atoms with Gasteiger partial charge in [-0.25, -0.2) is 4.98 Å². The van der Waals surface area contributed by atoms with Crippen molar-refractivity contribution >= 4 is 17.6 Å². The first kappa shape index (κ1) is 13.8. The van der Waals surface area contributed by atoms with Crippen LogP contribution in [0.3, 0.4) is 0 Å². The summed E-state index contributed by atoms with van der Waals surface area (Å²) in [6.07, 6.45) is -0.0931. The molecule has 0 aliphatic rings. The highest BCUT2D eigenvalue weighted by atomic mass is 16.4. The second kappa shape index (κ2) is 5.56. The molecule has 0 atom stereocenters. The third-order valence-electron chi connectivity index (χ3n) is 2.65. The predicted molar refractivity (Wildman–Crippen MR) is 71.7 cm³/mol. The van der Waals surface area contributed by atoms with Gasteiger partial charge in [-0.3, -0.25) is 9.59 Å². The van der Waals surface area contributed by atoms with Crippen LogP contribution in [0.5, 0.6) is 0 Å². The Hall–Kier alpha value is -2.63. The van der Waals surface area contributed by atoms with E-state index in [0.717, 1.165) is 0 Å². The van der Waals surface area contributed by atoms with E-state index in [0.29, 0.717) is 22.8 Å². The number of nitrogens with zero attached hydrogens (tertiary/aromatic N) is 1. The fourth-order valence-electron chi connectivity index (χ4n) is 1.86. The second-order valence-electron chi connectivity index (χ2n) is 4.37. The van der Waals surface area contributed by atoms with E-state index in [1.807, 2.05) is 0 Å². The molecule has 6 heteroatoms. The maximum absolute atomic E-state index is 12.0. The van der Waals surface area contributed by atoms with Crippen molar-refractivity contribution in [2.75, 3.05) is 5.32 Å². The van der Waals surface area contributed by atoms with Gasteiger partial charge < -0.3 is 14.8 Å². The van der Waals surface area contributed by atoms with Gasteiger partial charge in [0.15, 0.2) is 5.89 Å². The monoisotopic (exact) mass is 274 g/mol. The third-order valence-corrected chi connectivity index (χ3v) is 2.65. The highest BCUT2D eigenvalue weighted by Gasteiger charge is 2.16. The number of carboxylic acid groups (broad SMARTS) is 1. The van der Waals surface area contributed by atoms with Gasteiger partial charge in [0.1, 0.15) is 0 Å². The number of oxazole rings is 1. The first-order chi connectivity index (χ1) is 9.45. The molecule has 2 rings (SSSR count). The zero-order valence-electron chi connectivity index (χ0n) is 11.1. The van der Waals surface area contributed by atoms with Crippen molar-refractivity contribution < 1.29 is 19.1 Å². The zero-order valence-corrected chi connectivity index (χ0v) is 11.1. The van der Waals surface area contributed by atoms with Crippen LogP contribution in [0.2, 0.25) is 0 Å². The largest absolute Gasteiger partial charge is 0.481 e. The number of carbonyl (C=O) groups excluding carboxylic acids is 1. The summed E-state index contributed by atoms with van der Waals surface area (Å²) in [6, 6.07) is 6.67. The fourth-order valence-corrected chi connectivity index (χ4v) is 1.86. The third kappa shape index (κ3) is 3.23. The summed E-state index contributed by atoms with van der Waals surface area (Å²) < 4.78 is 5.23. The number of hydrogen-bond donors (Lipinski definition) is 2. The number of carboxylic acids is 1. The number of nitrogens with one attached hydrogen (secondary N) is 1. The highest BCUT2D eigenvalue weighted by Crippen LogP contribution is 2.15. The van der Waals surface area contributed by atoms with Crippen molar-refractivity contribution in [1.82, 2.24) is 4.98 Å². The smallest absolute Gasteiger partial charge is 0.307 e. The number of benzene rings is 1. The molecule has 0 spiro atoms. The number of aliphatic carboxylic acids is 1. The number of rotatable bonds is 4. The lowest BCUT2D eigenvalue weighted by Crippen LogP contribution is -2.12. The Balaban J connectivity index is 2.15. The van der Waals surface area contributed by atoms with Crippen molar-refractivity contribution in [3.63, 3.8) is 0 Å². The van der Waals surface area contributed by atoms with Crippen molar-refractivity contribution in [2.24, 2.45) is 0 Å². The van der Waals surface area contributed by atoms with Crippen molar-refractivity contribution in [3.05, 3.63) is 47.2 Å². The molecule has 1 heterocycles. The normalized spacial score (nSPS) is 10.3. The topological polar surface area (TPSA) is 92.4 Å². The Bertz CT molecular complexity index is 661. The van der Waals surface area contributed by atoms with Gasteiger partial charge in [-0.2, -0.15) is 0 Å². The van der Waals surface area contributed by atoms with E-state index in [1.165, 1.54) is 0 Å². The van der Waals surface area contributed by atoms with Crippen LogP contribution in [0.15, 0.2) is 28.7 Å². The predicted octanol–water partition coefficient (Wildman–Crippen LogP) is 2.17. The van der Waals surface area contributed by atoms with Gasteiger partial charge in [-0.05, 0) is 24.6 Å².